The molecule has 3 aliphatic heterocycles. The molecule has 4 rings (SSSR count). The minimum atomic E-state index is 0. The number of halogens is 1. The van der Waals surface area contributed by atoms with Crippen molar-refractivity contribution >= 4 is 24.4 Å². The van der Waals surface area contributed by atoms with Crippen molar-refractivity contribution in [3.8, 4) is 11.5 Å². The van der Waals surface area contributed by atoms with E-state index in [1.54, 1.807) is 7.11 Å². The van der Waals surface area contributed by atoms with E-state index in [9.17, 15) is 4.79 Å². The van der Waals surface area contributed by atoms with Crippen LogP contribution in [0, 0.1) is 11.8 Å². The number of benzene rings is 1. The lowest BCUT2D eigenvalue weighted by atomic mass is 10.0. The van der Waals surface area contributed by atoms with Crippen LogP contribution in [0.3, 0.4) is 0 Å². The number of amides is 1. The van der Waals surface area contributed by atoms with E-state index in [0.29, 0.717) is 18.4 Å². The molecule has 1 N–H and O–H groups in total. The van der Waals surface area contributed by atoms with Gasteiger partial charge in [-0.1, -0.05) is 0 Å². The molecule has 3 heterocycles. The fourth-order valence-electron chi connectivity index (χ4n) is 3.63. The first-order valence-electron chi connectivity index (χ1n) is 7.76. The van der Waals surface area contributed by atoms with Crippen LogP contribution in [0.1, 0.15) is 5.56 Å². The summed E-state index contributed by atoms with van der Waals surface area (Å²) in [6.07, 6.45) is 1.94. The monoisotopic (exact) mass is 336 g/mol. The molecule has 0 saturated carbocycles. The highest BCUT2D eigenvalue weighted by Gasteiger charge is 2.39. The average Bonchev–Trinajstić information content (AvgIpc) is 3.14. The summed E-state index contributed by atoms with van der Waals surface area (Å²) in [4.78, 5) is 14.7. The molecule has 1 aromatic carbocycles. The second-order valence-corrected chi connectivity index (χ2v) is 6.25. The summed E-state index contributed by atoms with van der Waals surface area (Å²) in [5, 5.41) is 3.40. The van der Waals surface area contributed by atoms with Gasteiger partial charge in [0.2, 0.25) is 0 Å². The number of rotatable bonds is 2. The zero-order valence-corrected chi connectivity index (χ0v) is 13.9. The number of likely N-dealkylation sites (tertiary alicyclic amines) is 1. The molecule has 0 spiro atoms. The predicted octanol–water partition coefficient (Wildman–Crippen LogP) is 1.57. The van der Waals surface area contributed by atoms with Gasteiger partial charge in [0.1, 0.15) is 18.1 Å². The first-order chi connectivity index (χ1) is 10.7. The van der Waals surface area contributed by atoms with Crippen molar-refractivity contribution in [2.75, 3.05) is 39.9 Å². The minimum absolute atomic E-state index is 0. The predicted molar refractivity (Wildman–Crippen MR) is 90.1 cm³/mol. The molecule has 0 bridgehead atoms. The van der Waals surface area contributed by atoms with Crippen LogP contribution in [-0.4, -0.2) is 50.7 Å². The molecule has 2 saturated heterocycles. The van der Waals surface area contributed by atoms with Gasteiger partial charge in [0, 0.05) is 31.7 Å². The maximum Gasteiger partial charge on any atom is 0.253 e. The Labute approximate surface area is 142 Å². The number of nitrogens with zero attached hydrogens (tertiary/aromatic N) is 1. The normalized spacial score (nSPS) is 24.9. The largest absolute Gasteiger partial charge is 0.497 e. The third-order valence-electron chi connectivity index (χ3n) is 4.88. The zero-order chi connectivity index (χ0) is 15.1. The zero-order valence-electron chi connectivity index (χ0n) is 13.1. The number of ether oxygens (including phenoxy) is 2. The molecular formula is C17H21ClN2O3. The maximum absolute atomic E-state index is 12.7. The van der Waals surface area contributed by atoms with Gasteiger partial charge in [-0.2, -0.15) is 0 Å². The summed E-state index contributed by atoms with van der Waals surface area (Å²) in [6.45, 7) is 4.13. The highest BCUT2D eigenvalue weighted by Crippen LogP contribution is 2.32. The van der Waals surface area contributed by atoms with E-state index in [1.165, 1.54) is 0 Å². The van der Waals surface area contributed by atoms with Gasteiger partial charge in [0.15, 0.2) is 0 Å². The molecule has 0 aliphatic carbocycles. The molecule has 1 aromatic rings. The maximum atomic E-state index is 12.7. The summed E-state index contributed by atoms with van der Waals surface area (Å²) < 4.78 is 11.0. The van der Waals surface area contributed by atoms with E-state index >= 15 is 0 Å². The van der Waals surface area contributed by atoms with E-state index in [1.807, 2.05) is 29.2 Å². The Kier molecular flexibility index (Phi) is 4.50. The van der Waals surface area contributed by atoms with Crippen LogP contribution in [-0.2, 0) is 4.79 Å². The van der Waals surface area contributed by atoms with Crippen LogP contribution in [0.15, 0.2) is 23.8 Å². The van der Waals surface area contributed by atoms with Crippen molar-refractivity contribution in [2.24, 2.45) is 11.8 Å². The van der Waals surface area contributed by atoms with Gasteiger partial charge < -0.3 is 19.7 Å². The third-order valence-corrected chi connectivity index (χ3v) is 4.88. The highest BCUT2D eigenvalue weighted by molar-refractivity contribution is 5.99. The van der Waals surface area contributed by atoms with Crippen molar-refractivity contribution in [1.29, 1.82) is 0 Å². The van der Waals surface area contributed by atoms with Gasteiger partial charge >= 0.3 is 0 Å². The van der Waals surface area contributed by atoms with E-state index < -0.39 is 0 Å². The molecule has 0 aromatic heterocycles. The Morgan fingerprint density at radius 1 is 1.30 bits per heavy atom. The van der Waals surface area contributed by atoms with E-state index in [-0.39, 0.29) is 18.3 Å². The molecule has 5 nitrogen and oxygen atoms in total. The number of hydrogen-bond acceptors (Lipinski definition) is 4. The molecule has 3 aliphatic rings. The Bertz CT molecular complexity index is 635. The van der Waals surface area contributed by atoms with Crippen molar-refractivity contribution in [1.82, 2.24) is 10.2 Å². The Morgan fingerprint density at radius 2 is 2.04 bits per heavy atom. The second kappa shape index (κ2) is 6.42. The molecule has 2 atom stereocenters. The van der Waals surface area contributed by atoms with E-state index in [2.05, 4.69) is 5.32 Å². The number of nitrogens with one attached hydrogen (secondary N) is 1. The summed E-state index contributed by atoms with van der Waals surface area (Å²) in [5.41, 5.74) is 1.64. The quantitative estimate of drug-likeness (QED) is 0.890. The number of hydrogen-bond donors (Lipinski definition) is 1. The Morgan fingerprint density at radius 3 is 2.74 bits per heavy atom. The fourth-order valence-corrected chi connectivity index (χ4v) is 3.63. The van der Waals surface area contributed by atoms with Crippen LogP contribution < -0.4 is 14.8 Å². The second-order valence-electron chi connectivity index (χ2n) is 6.25. The van der Waals surface area contributed by atoms with Crippen LogP contribution in [0.5, 0.6) is 11.5 Å². The number of carbonyl (C=O) groups is 1. The van der Waals surface area contributed by atoms with Gasteiger partial charge in [-0.25, -0.2) is 0 Å². The van der Waals surface area contributed by atoms with Crippen molar-refractivity contribution in [2.45, 2.75) is 0 Å². The first kappa shape index (κ1) is 16.1. The lowest BCUT2D eigenvalue weighted by Gasteiger charge is -2.23. The molecule has 1 amide bonds. The van der Waals surface area contributed by atoms with Crippen molar-refractivity contribution < 1.29 is 14.3 Å². The van der Waals surface area contributed by atoms with Gasteiger partial charge in [0.25, 0.3) is 5.91 Å². The van der Waals surface area contributed by atoms with E-state index in [4.69, 9.17) is 9.47 Å². The molecule has 0 radical (unpaired) electrons. The summed E-state index contributed by atoms with van der Waals surface area (Å²) in [5.74, 6) is 2.92. The third kappa shape index (κ3) is 2.91. The van der Waals surface area contributed by atoms with Gasteiger partial charge in [0.05, 0.1) is 12.7 Å². The number of methoxy groups -OCH3 is 1. The highest BCUT2D eigenvalue weighted by atomic mass is 35.5. The van der Waals surface area contributed by atoms with Gasteiger partial charge in [-0.3, -0.25) is 4.79 Å². The van der Waals surface area contributed by atoms with Crippen molar-refractivity contribution in [3.63, 3.8) is 0 Å². The van der Waals surface area contributed by atoms with Crippen molar-refractivity contribution in [3.05, 3.63) is 29.3 Å². The number of fused-ring (bicyclic) bond motifs is 2. The Hall–Kier alpha value is -1.72. The molecular weight excluding hydrogens is 316 g/mol. The first-order valence-corrected chi connectivity index (χ1v) is 7.76. The fraction of sp³-hybridized carbons (Fsp3) is 0.471. The lowest BCUT2D eigenvalue weighted by Crippen LogP contribution is -2.34. The van der Waals surface area contributed by atoms with Crippen LogP contribution in [0.25, 0.3) is 6.08 Å². The van der Waals surface area contributed by atoms with E-state index in [0.717, 1.165) is 48.8 Å². The molecule has 0 unspecified atom stereocenters. The topological polar surface area (TPSA) is 50.8 Å². The minimum Gasteiger partial charge on any atom is -0.497 e. The smallest absolute Gasteiger partial charge is 0.253 e. The lowest BCUT2D eigenvalue weighted by molar-refractivity contribution is -0.126. The summed E-state index contributed by atoms with van der Waals surface area (Å²) in [7, 11) is 1.64. The van der Waals surface area contributed by atoms with Gasteiger partial charge in [-0.15, -0.1) is 12.4 Å². The SMILES string of the molecule is COc1ccc2c(c1)C=C(C(=O)N1C[C@H]3CNC[C@H]3C1)CO2.Cl. The summed E-state index contributed by atoms with van der Waals surface area (Å²) in [6, 6.07) is 5.66. The molecule has 6 heteroatoms. The van der Waals surface area contributed by atoms with Crippen LogP contribution >= 0.6 is 12.4 Å². The van der Waals surface area contributed by atoms with Gasteiger partial charge in [-0.05, 0) is 36.1 Å². The Balaban J connectivity index is 0.00000156. The van der Waals surface area contributed by atoms with Crippen LogP contribution in [0.2, 0.25) is 0 Å². The molecule has 23 heavy (non-hydrogen) atoms. The number of carbonyl (C=O) groups excluding carboxylic acids is 1. The standard InChI is InChI=1S/C17H20N2O3.ClH/c1-21-15-2-3-16-11(5-15)4-12(10-22-16)17(20)19-8-13-6-18-7-14(13)9-19;/h2-5,13-14,18H,6-10H2,1H3;1H/t13-,14+;. The van der Waals surface area contributed by atoms with Crippen LogP contribution in [0.4, 0.5) is 0 Å². The summed E-state index contributed by atoms with van der Waals surface area (Å²) >= 11 is 0. The molecule has 124 valence electrons. The average molecular weight is 337 g/mol. The molecule has 2 fully saturated rings.